The Balaban J connectivity index is 1.56. The van der Waals surface area contributed by atoms with E-state index in [4.69, 9.17) is 32.7 Å². The van der Waals surface area contributed by atoms with E-state index >= 15 is 0 Å². The van der Waals surface area contributed by atoms with Gasteiger partial charge in [0.25, 0.3) is 5.91 Å². The van der Waals surface area contributed by atoms with E-state index < -0.39 is 18.1 Å². The molecule has 0 unspecified atom stereocenters. The second kappa shape index (κ2) is 10.8. The van der Waals surface area contributed by atoms with Crippen LogP contribution in [0.3, 0.4) is 0 Å². The number of carboxylic acid groups (broad SMARTS) is 1. The Morgan fingerprint density at radius 1 is 1.06 bits per heavy atom. The Kier molecular flexibility index (Phi) is 7.76. The molecule has 0 saturated heterocycles. The number of hydrogen-bond acceptors (Lipinski definition) is 4. The maximum atomic E-state index is 13.4. The molecule has 3 aromatic carbocycles. The summed E-state index contributed by atoms with van der Waals surface area (Å²) in [6, 6.07) is 18.3. The minimum atomic E-state index is -1.08. The van der Waals surface area contributed by atoms with Crippen LogP contribution in [-0.4, -0.2) is 47.7 Å². The van der Waals surface area contributed by atoms with Crippen LogP contribution in [0.4, 0.5) is 0 Å². The van der Waals surface area contributed by atoms with Crippen molar-refractivity contribution in [3.63, 3.8) is 0 Å². The molecule has 3 aromatic rings. The van der Waals surface area contributed by atoms with Gasteiger partial charge in [-0.25, -0.2) is 0 Å². The molecule has 0 aliphatic carbocycles. The molecule has 4 rings (SSSR count). The topological polar surface area (TPSA) is 76.1 Å². The van der Waals surface area contributed by atoms with Crippen LogP contribution >= 0.6 is 23.2 Å². The molecule has 1 aliphatic rings. The van der Waals surface area contributed by atoms with Gasteiger partial charge in [0.2, 0.25) is 0 Å². The first-order valence-corrected chi connectivity index (χ1v) is 12.3. The SMILES string of the molecule is COc1cc(C(=O)N(CCc2cccc(Cl)c2)CC(=O)O)cc2c1O[C@](C)(Cc1ccc(Cl)cc1)C2. The monoisotopic (exact) mass is 527 g/mol. The van der Waals surface area contributed by atoms with Crippen molar-refractivity contribution in [2.75, 3.05) is 20.2 Å². The predicted octanol–water partition coefficient (Wildman–Crippen LogP) is 5.71. The Morgan fingerprint density at radius 2 is 1.81 bits per heavy atom. The Morgan fingerprint density at radius 3 is 2.47 bits per heavy atom. The zero-order valence-electron chi connectivity index (χ0n) is 20.1. The molecule has 0 aromatic heterocycles. The van der Waals surface area contributed by atoms with Gasteiger partial charge in [0.1, 0.15) is 12.1 Å². The second-order valence-corrected chi connectivity index (χ2v) is 10.1. The summed E-state index contributed by atoms with van der Waals surface area (Å²) in [7, 11) is 1.52. The number of methoxy groups -OCH3 is 1. The summed E-state index contributed by atoms with van der Waals surface area (Å²) < 4.78 is 11.9. The molecule has 6 nitrogen and oxygen atoms in total. The highest BCUT2D eigenvalue weighted by Crippen LogP contribution is 2.44. The zero-order chi connectivity index (χ0) is 25.9. The summed E-state index contributed by atoms with van der Waals surface area (Å²) in [6.45, 7) is 1.84. The molecule has 1 aliphatic heterocycles. The first-order valence-electron chi connectivity index (χ1n) is 11.6. The summed E-state index contributed by atoms with van der Waals surface area (Å²) in [4.78, 5) is 26.3. The third-order valence-electron chi connectivity index (χ3n) is 6.18. The van der Waals surface area contributed by atoms with Crippen LogP contribution in [0.25, 0.3) is 0 Å². The lowest BCUT2D eigenvalue weighted by Gasteiger charge is -2.24. The Bertz CT molecular complexity index is 1280. The fourth-order valence-electron chi connectivity index (χ4n) is 4.55. The zero-order valence-corrected chi connectivity index (χ0v) is 21.6. The van der Waals surface area contributed by atoms with Gasteiger partial charge in [-0.3, -0.25) is 9.59 Å². The number of aliphatic carboxylic acids is 1. The Hall–Kier alpha value is -3.22. The summed E-state index contributed by atoms with van der Waals surface area (Å²) in [5.74, 6) is -0.414. The number of carbonyl (C=O) groups excluding carboxylic acids is 1. The van der Waals surface area contributed by atoms with Gasteiger partial charge < -0.3 is 19.5 Å². The summed E-state index contributed by atoms with van der Waals surface area (Å²) >= 11 is 12.1. The van der Waals surface area contributed by atoms with Gasteiger partial charge in [0.05, 0.1) is 7.11 Å². The van der Waals surface area contributed by atoms with Crippen LogP contribution in [-0.2, 0) is 24.1 Å². The first kappa shape index (κ1) is 25.9. The van der Waals surface area contributed by atoms with Crippen molar-refractivity contribution in [2.45, 2.75) is 31.8 Å². The van der Waals surface area contributed by atoms with Gasteiger partial charge >= 0.3 is 5.97 Å². The van der Waals surface area contributed by atoms with Crippen molar-refractivity contribution < 1.29 is 24.2 Å². The molecule has 0 spiro atoms. The van der Waals surface area contributed by atoms with Crippen LogP contribution in [0, 0.1) is 0 Å². The van der Waals surface area contributed by atoms with Crippen molar-refractivity contribution in [3.05, 3.63) is 93.0 Å². The van der Waals surface area contributed by atoms with E-state index in [-0.39, 0.29) is 12.5 Å². The lowest BCUT2D eigenvalue weighted by Crippen LogP contribution is -2.37. The van der Waals surface area contributed by atoms with E-state index in [1.807, 2.05) is 49.4 Å². The van der Waals surface area contributed by atoms with Crippen molar-refractivity contribution >= 4 is 35.1 Å². The van der Waals surface area contributed by atoms with Crippen LogP contribution in [0.2, 0.25) is 10.0 Å². The fourth-order valence-corrected chi connectivity index (χ4v) is 4.89. The third kappa shape index (κ3) is 6.12. The van der Waals surface area contributed by atoms with Gasteiger partial charge in [-0.2, -0.15) is 0 Å². The van der Waals surface area contributed by atoms with Gasteiger partial charge in [-0.1, -0.05) is 47.5 Å². The second-order valence-electron chi connectivity index (χ2n) is 9.20. The Labute approximate surface area is 220 Å². The van der Waals surface area contributed by atoms with Gasteiger partial charge in [0, 0.05) is 40.6 Å². The third-order valence-corrected chi connectivity index (χ3v) is 6.66. The predicted molar refractivity (Wildman–Crippen MR) is 140 cm³/mol. The highest BCUT2D eigenvalue weighted by atomic mass is 35.5. The lowest BCUT2D eigenvalue weighted by atomic mass is 9.91. The number of nitrogens with zero attached hydrogens (tertiary/aromatic N) is 1. The maximum absolute atomic E-state index is 13.4. The van der Waals surface area contributed by atoms with E-state index in [0.29, 0.717) is 46.4 Å². The van der Waals surface area contributed by atoms with Gasteiger partial charge in [-0.05, 0) is 60.9 Å². The molecule has 1 atom stereocenters. The number of fused-ring (bicyclic) bond motifs is 1. The molecule has 1 amide bonds. The number of benzene rings is 3. The number of carboxylic acids is 1. The quantitative estimate of drug-likeness (QED) is 0.385. The average Bonchev–Trinajstić information content (AvgIpc) is 3.17. The van der Waals surface area contributed by atoms with E-state index in [9.17, 15) is 14.7 Å². The van der Waals surface area contributed by atoms with Crippen LogP contribution in [0.1, 0.15) is 34.0 Å². The van der Waals surface area contributed by atoms with Crippen LogP contribution in [0.15, 0.2) is 60.7 Å². The van der Waals surface area contributed by atoms with Crippen molar-refractivity contribution in [2.24, 2.45) is 0 Å². The largest absolute Gasteiger partial charge is 0.493 e. The smallest absolute Gasteiger partial charge is 0.323 e. The fraction of sp³-hybridized carbons (Fsp3) is 0.286. The number of halogens is 2. The summed E-state index contributed by atoms with van der Waals surface area (Å²) in [5, 5.41) is 10.7. The van der Waals surface area contributed by atoms with Gasteiger partial charge in [-0.15, -0.1) is 0 Å². The first-order chi connectivity index (χ1) is 17.2. The van der Waals surface area contributed by atoms with Crippen LogP contribution in [0.5, 0.6) is 11.5 Å². The number of ether oxygens (including phenoxy) is 2. The van der Waals surface area contributed by atoms with Crippen molar-refractivity contribution in [1.29, 1.82) is 0 Å². The molecule has 0 fully saturated rings. The van der Waals surface area contributed by atoms with Crippen molar-refractivity contribution in [1.82, 2.24) is 4.90 Å². The molecule has 188 valence electrons. The molecular formula is C28H27Cl2NO5. The summed E-state index contributed by atoms with van der Waals surface area (Å²) in [5.41, 5.74) is 2.68. The van der Waals surface area contributed by atoms with Crippen molar-refractivity contribution in [3.8, 4) is 11.5 Å². The average molecular weight is 528 g/mol. The van der Waals surface area contributed by atoms with E-state index in [0.717, 1.165) is 16.7 Å². The maximum Gasteiger partial charge on any atom is 0.323 e. The normalized spacial score (nSPS) is 16.2. The number of rotatable bonds is 9. The molecular weight excluding hydrogens is 501 g/mol. The number of amides is 1. The molecule has 8 heteroatoms. The van der Waals surface area contributed by atoms with E-state index in [2.05, 4.69) is 0 Å². The molecule has 0 saturated carbocycles. The standard InChI is InChI=1S/C28H27Cl2NO5/c1-28(15-19-6-8-22(29)9-7-19)16-21-13-20(14-24(35-2)26(21)36-28)27(34)31(17-25(32)33)11-10-18-4-3-5-23(30)12-18/h3-9,12-14H,10-11,15-17H2,1-2H3,(H,32,33)/t28-/m1/s1. The summed E-state index contributed by atoms with van der Waals surface area (Å²) in [6.07, 6.45) is 1.70. The molecule has 1 N–H and O–H groups in total. The minimum Gasteiger partial charge on any atom is -0.493 e. The number of carbonyl (C=O) groups is 2. The number of hydrogen-bond donors (Lipinski definition) is 1. The van der Waals surface area contributed by atoms with E-state index in [1.54, 1.807) is 18.2 Å². The molecule has 0 radical (unpaired) electrons. The van der Waals surface area contributed by atoms with E-state index in [1.165, 1.54) is 12.0 Å². The highest BCUT2D eigenvalue weighted by molar-refractivity contribution is 6.30. The van der Waals surface area contributed by atoms with Crippen LogP contribution < -0.4 is 9.47 Å². The lowest BCUT2D eigenvalue weighted by molar-refractivity contribution is -0.137. The highest BCUT2D eigenvalue weighted by Gasteiger charge is 2.38. The van der Waals surface area contributed by atoms with Gasteiger partial charge in [0.15, 0.2) is 11.5 Å². The molecule has 36 heavy (non-hydrogen) atoms. The molecule has 1 heterocycles. The molecule has 0 bridgehead atoms. The minimum absolute atomic E-state index is 0.232.